The molecule has 2 heterocycles. The summed E-state index contributed by atoms with van der Waals surface area (Å²) in [5.74, 6) is 0.157. The fourth-order valence-electron chi connectivity index (χ4n) is 3.66. The van der Waals surface area contributed by atoms with Gasteiger partial charge < -0.3 is 20.0 Å². The number of carbonyl (C=O) groups is 2. The highest BCUT2D eigenvalue weighted by atomic mass is 16.2. The molecule has 6 nitrogen and oxygen atoms in total. The van der Waals surface area contributed by atoms with Crippen molar-refractivity contribution in [2.24, 2.45) is 0 Å². The zero-order valence-electron chi connectivity index (χ0n) is 15.2. The second kappa shape index (κ2) is 7.87. The monoisotopic (exact) mass is 344 g/mol. The van der Waals surface area contributed by atoms with Crippen LogP contribution >= 0.6 is 0 Å². The quantitative estimate of drug-likeness (QED) is 0.899. The Kier molecular flexibility index (Phi) is 5.58. The fourth-order valence-corrected chi connectivity index (χ4v) is 3.66. The summed E-state index contributed by atoms with van der Waals surface area (Å²) in [6.45, 7) is 8.64. The molecule has 3 rings (SSSR count). The Morgan fingerprint density at radius 2 is 1.64 bits per heavy atom. The number of nitrogens with zero attached hydrogens (tertiary/aromatic N) is 3. The average molecular weight is 344 g/mol. The lowest BCUT2D eigenvalue weighted by atomic mass is 9.95. The van der Waals surface area contributed by atoms with E-state index in [-0.39, 0.29) is 18.0 Å². The van der Waals surface area contributed by atoms with Gasteiger partial charge in [0.1, 0.15) is 0 Å². The number of amides is 3. The number of nitrogens with one attached hydrogen (secondary N) is 1. The molecular formula is C19H28N4O2. The van der Waals surface area contributed by atoms with Crippen LogP contribution in [0.5, 0.6) is 0 Å². The van der Waals surface area contributed by atoms with Gasteiger partial charge in [-0.2, -0.15) is 0 Å². The molecule has 136 valence electrons. The Hall–Kier alpha value is -2.08. The summed E-state index contributed by atoms with van der Waals surface area (Å²) in [6.07, 6.45) is 0.744. The molecule has 1 N–H and O–H groups in total. The standard InChI is InChI=1S/C19H28N4O2/c1-3-21(4-2)19(25)23-11-9-22(10-12-23)18(24)17-13-15-7-5-6-8-16(15)14-20-17/h5-8,17,20H,3-4,9-14H2,1-2H3. The van der Waals surface area contributed by atoms with Crippen LogP contribution in [-0.2, 0) is 17.8 Å². The Bertz CT molecular complexity index is 622. The van der Waals surface area contributed by atoms with Gasteiger partial charge in [-0.05, 0) is 31.4 Å². The zero-order chi connectivity index (χ0) is 17.8. The van der Waals surface area contributed by atoms with Gasteiger partial charge in [0.2, 0.25) is 5.91 Å². The van der Waals surface area contributed by atoms with Gasteiger partial charge >= 0.3 is 6.03 Å². The van der Waals surface area contributed by atoms with Crippen molar-refractivity contribution < 1.29 is 9.59 Å². The van der Waals surface area contributed by atoms with Crippen molar-refractivity contribution in [2.45, 2.75) is 32.9 Å². The summed E-state index contributed by atoms with van der Waals surface area (Å²) < 4.78 is 0. The van der Waals surface area contributed by atoms with E-state index in [2.05, 4.69) is 17.4 Å². The third kappa shape index (κ3) is 3.79. The maximum absolute atomic E-state index is 12.8. The van der Waals surface area contributed by atoms with Crippen molar-refractivity contribution in [1.82, 2.24) is 20.0 Å². The predicted molar refractivity (Wildman–Crippen MR) is 97.2 cm³/mol. The highest BCUT2D eigenvalue weighted by Gasteiger charge is 2.31. The molecule has 1 aromatic carbocycles. The molecule has 1 saturated heterocycles. The number of benzene rings is 1. The van der Waals surface area contributed by atoms with Crippen molar-refractivity contribution >= 4 is 11.9 Å². The lowest BCUT2D eigenvalue weighted by molar-refractivity contribution is -0.135. The molecule has 1 atom stereocenters. The van der Waals surface area contributed by atoms with E-state index in [1.807, 2.05) is 40.7 Å². The van der Waals surface area contributed by atoms with Crippen LogP contribution in [0.2, 0.25) is 0 Å². The van der Waals surface area contributed by atoms with Crippen LogP contribution < -0.4 is 5.32 Å². The third-order valence-corrected chi connectivity index (χ3v) is 5.28. The van der Waals surface area contributed by atoms with Crippen LogP contribution in [0.4, 0.5) is 4.79 Å². The third-order valence-electron chi connectivity index (χ3n) is 5.28. The number of hydrogen-bond donors (Lipinski definition) is 1. The molecule has 0 spiro atoms. The Balaban J connectivity index is 1.55. The second-order valence-corrected chi connectivity index (χ2v) is 6.67. The van der Waals surface area contributed by atoms with Gasteiger partial charge in [-0.15, -0.1) is 0 Å². The lowest BCUT2D eigenvalue weighted by Gasteiger charge is -2.39. The molecule has 0 bridgehead atoms. The van der Waals surface area contributed by atoms with Crippen LogP contribution in [0.3, 0.4) is 0 Å². The molecule has 25 heavy (non-hydrogen) atoms. The van der Waals surface area contributed by atoms with Gasteiger partial charge in [-0.3, -0.25) is 4.79 Å². The first-order chi connectivity index (χ1) is 12.1. The summed E-state index contributed by atoms with van der Waals surface area (Å²) in [4.78, 5) is 30.8. The van der Waals surface area contributed by atoms with Crippen LogP contribution in [0.15, 0.2) is 24.3 Å². The van der Waals surface area contributed by atoms with E-state index in [4.69, 9.17) is 0 Å². The van der Waals surface area contributed by atoms with Crippen LogP contribution in [0.25, 0.3) is 0 Å². The molecular weight excluding hydrogens is 316 g/mol. The summed E-state index contributed by atoms with van der Waals surface area (Å²) >= 11 is 0. The average Bonchev–Trinajstić information content (AvgIpc) is 2.68. The Morgan fingerprint density at radius 3 is 2.28 bits per heavy atom. The molecule has 1 fully saturated rings. The van der Waals surface area contributed by atoms with Crippen molar-refractivity contribution in [1.29, 1.82) is 0 Å². The van der Waals surface area contributed by atoms with E-state index in [1.165, 1.54) is 11.1 Å². The van der Waals surface area contributed by atoms with Crippen molar-refractivity contribution in [3.63, 3.8) is 0 Å². The van der Waals surface area contributed by atoms with Crippen molar-refractivity contribution in [3.05, 3.63) is 35.4 Å². The minimum atomic E-state index is -0.153. The van der Waals surface area contributed by atoms with Crippen LogP contribution in [0.1, 0.15) is 25.0 Å². The number of carbonyl (C=O) groups excluding carboxylic acids is 2. The molecule has 0 saturated carbocycles. The molecule has 2 aliphatic rings. The fraction of sp³-hybridized carbons (Fsp3) is 0.579. The summed E-state index contributed by atoms with van der Waals surface area (Å²) in [5.41, 5.74) is 2.54. The maximum atomic E-state index is 12.8. The van der Waals surface area contributed by atoms with Gasteiger partial charge in [0, 0.05) is 45.8 Å². The molecule has 1 unspecified atom stereocenters. The van der Waals surface area contributed by atoms with Gasteiger partial charge in [0.15, 0.2) is 0 Å². The van der Waals surface area contributed by atoms with Crippen molar-refractivity contribution in [2.75, 3.05) is 39.3 Å². The first-order valence-corrected chi connectivity index (χ1v) is 9.26. The van der Waals surface area contributed by atoms with E-state index >= 15 is 0 Å². The first-order valence-electron chi connectivity index (χ1n) is 9.26. The Labute approximate surface area is 149 Å². The number of urea groups is 1. The highest BCUT2D eigenvalue weighted by Crippen LogP contribution is 2.18. The largest absolute Gasteiger partial charge is 0.338 e. The first kappa shape index (κ1) is 17.7. The van der Waals surface area contributed by atoms with E-state index in [0.717, 1.165) is 26.1 Å². The summed E-state index contributed by atoms with van der Waals surface area (Å²) in [7, 11) is 0. The van der Waals surface area contributed by atoms with Gasteiger partial charge in [-0.1, -0.05) is 24.3 Å². The van der Waals surface area contributed by atoms with Gasteiger partial charge in [0.05, 0.1) is 6.04 Å². The second-order valence-electron chi connectivity index (χ2n) is 6.67. The molecule has 2 aliphatic heterocycles. The van der Waals surface area contributed by atoms with Crippen LogP contribution in [0, 0.1) is 0 Å². The zero-order valence-corrected chi connectivity index (χ0v) is 15.2. The molecule has 6 heteroatoms. The number of rotatable bonds is 3. The maximum Gasteiger partial charge on any atom is 0.320 e. The molecule has 0 aromatic heterocycles. The summed E-state index contributed by atoms with van der Waals surface area (Å²) in [5, 5.41) is 3.36. The SMILES string of the molecule is CCN(CC)C(=O)N1CCN(C(=O)C2Cc3ccccc3CN2)CC1. The smallest absolute Gasteiger partial charge is 0.320 e. The van der Waals surface area contributed by atoms with E-state index in [9.17, 15) is 9.59 Å². The minimum absolute atomic E-state index is 0.0850. The number of piperazine rings is 1. The van der Waals surface area contributed by atoms with Crippen LogP contribution in [-0.4, -0.2) is 71.9 Å². The molecule has 0 radical (unpaired) electrons. The molecule has 3 amide bonds. The van der Waals surface area contributed by atoms with Crippen molar-refractivity contribution in [3.8, 4) is 0 Å². The van der Waals surface area contributed by atoms with Gasteiger partial charge in [-0.25, -0.2) is 4.79 Å². The normalized spacial score (nSPS) is 20.2. The summed E-state index contributed by atoms with van der Waals surface area (Å²) in [6, 6.07) is 8.22. The predicted octanol–water partition coefficient (Wildman–Crippen LogP) is 1.31. The molecule has 1 aromatic rings. The van der Waals surface area contributed by atoms with E-state index < -0.39 is 0 Å². The number of hydrogen-bond acceptors (Lipinski definition) is 3. The lowest BCUT2D eigenvalue weighted by Crippen LogP contribution is -2.57. The van der Waals surface area contributed by atoms with Gasteiger partial charge in [0.25, 0.3) is 0 Å². The van der Waals surface area contributed by atoms with E-state index in [1.54, 1.807) is 0 Å². The molecule has 0 aliphatic carbocycles. The highest BCUT2D eigenvalue weighted by molar-refractivity contribution is 5.83. The Morgan fingerprint density at radius 1 is 1.04 bits per heavy atom. The number of fused-ring (bicyclic) bond motifs is 1. The minimum Gasteiger partial charge on any atom is -0.338 e. The van der Waals surface area contributed by atoms with E-state index in [0.29, 0.717) is 26.2 Å². The topological polar surface area (TPSA) is 55.9 Å².